The van der Waals surface area contributed by atoms with E-state index in [-0.39, 0.29) is 23.6 Å². The monoisotopic (exact) mass is 279 g/mol. The van der Waals surface area contributed by atoms with E-state index in [0.717, 1.165) is 17.3 Å². The summed E-state index contributed by atoms with van der Waals surface area (Å²) in [5.74, 6) is 5.03. The van der Waals surface area contributed by atoms with E-state index in [2.05, 4.69) is 0 Å². The highest BCUT2D eigenvalue weighted by Crippen LogP contribution is 2.20. The molecule has 0 atom stereocenters. The number of carbonyl (C=O) groups is 3. The molecule has 1 aromatic rings. The van der Waals surface area contributed by atoms with Gasteiger partial charge in [-0.05, 0) is 17.7 Å². The van der Waals surface area contributed by atoms with Crippen LogP contribution in [-0.2, 0) is 11.3 Å². The molecular weight excluding hydrogens is 266 g/mol. The predicted molar refractivity (Wildman–Crippen MR) is 71.1 cm³/mol. The molecule has 0 bridgehead atoms. The Morgan fingerprint density at radius 2 is 2.00 bits per heavy atom. The summed E-state index contributed by atoms with van der Waals surface area (Å²) in [6, 6.07) is 6.60. The van der Waals surface area contributed by atoms with Gasteiger partial charge in [-0.25, -0.2) is 5.84 Å². The number of imide groups is 1. The van der Waals surface area contributed by atoms with E-state index >= 15 is 0 Å². The lowest BCUT2D eigenvalue weighted by atomic mass is 10.1. The third-order valence-corrected chi connectivity index (χ3v) is 3.63. The van der Waals surface area contributed by atoms with Crippen molar-refractivity contribution in [3.8, 4) is 0 Å². The lowest BCUT2D eigenvalue weighted by molar-refractivity contribution is -0.128. The first kappa shape index (κ1) is 13.6. The summed E-state index contributed by atoms with van der Waals surface area (Å²) in [6.07, 6.45) is 0.379. The Hall–Kier alpha value is -1.86. The molecule has 1 fully saturated rings. The van der Waals surface area contributed by atoms with Crippen molar-refractivity contribution in [1.82, 2.24) is 10.3 Å². The minimum atomic E-state index is -0.382. The molecule has 0 spiro atoms. The maximum atomic E-state index is 11.6. The Kier molecular flexibility index (Phi) is 4.18. The Labute approximate surface area is 114 Å². The smallest absolute Gasteiger partial charge is 0.288 e. The molecule has 0 aliphatic carbocycles. The zero-order valence-electron chi connectivity index (χ0n) is 10.1. The third-order valence-electron chi connectivity index (χ3n) is 2.75. The van der Waals surface area contributed by atoms with Crippen LogP contribution in [0.25, 0.3) is 0 Å². The van der Waals surface area contributed by atoms with Crippen LogP contribution in [-0.4, -0.2) is 27.7 Å². The Morgan fingerprint density at radius 3 is 2.58 bits per heavy atom. The van der Waals surface area contributed by atoms with Crippen LogP contribution in [0.15, 0.2) is 24.3 Å². The van der Waals surface area contributed by atoms with E-state index in [0.29, 0.717) is 17.7 Å². The van der Waals surface area contributed by atoms with Crippen molar-refractivity contribution in [1.29, 1.82) is 0 Å². The Morgan fingerprint density at radius 1 is 1.32 bits per heavy atom. The minimum Gasteiger partial charge on any atom is -0.290 e. The zero-order chi connectivity index (χ0) is 13.8. The maximum absolute atomic E-state index is 11.6. The van der Waals surface area contributed by atoms with Gasteiger partial charge in [-0.1, -0.05) is 23.9 Å². The molecule has 3 N–H and O–H groups in total. The minimum absolute atomic E-state index is 0.160. The highest BCUT2D eigenvalue weighted by molar-refractivity contribution is 8.13. The Balaban J connectivity index is 2.08. The van der Waals surface area contributed by atoms with Crippen LogP contribution in [0.1, 0.15) is 22.3 Å². The van der Waals surface area contributed by atoms with Gasteiger partial charge < -0.3 is 0 Å². The normalized spacial score (nSPS) is 15.5. The number of hydrogen-bond donors (Lipinski definition) is 2. The molecule has 1 aromatic carbocycles. The van der Waals surface area contributed by atoms with E-state index in [1.54, 1.807) is 24.3 Å². The molecule has 19 heavy (non-hydrogen) atoms. The molecule has 1 aliphatic rings. The van der Waals surface area contributed by atoms with Gasteiger partial charge in [0.15, 0.2) is 0 Å². The fourth-order valence-corrected chi connectivity index (χ4v) is 2.49. The average Bonchev–Trinajstić information content (AvgIpc) is 2.43. The fraction of sp³-hybridized carbons (Fsp3) is 0.250. The quantitative estimate of drug-likeness (QED) is 0.486. The zero-order valence-corrected chi connectivity index (χ0v) is 10.9. The van der Waals surface area contributed by atoms with Gasteiger partial charge in [-0.15, -0.1) is 0 Å². The van der Waals surface area contributed by atoms with Gasteiger partial charge >= 0.3 is 0 Å². The molecule has 3 amide bonds. The van der Waals surface area contributed by atoms with Crippen LogP contribution < -0.4 is 11.3 Å². The first-order valence-corrected chi connectivity index (χ1v) is 6.67. The molecule has 1 aliphatic heterocycles. The molecule has 0 radical (unpaired) electrons. The van der Waals surface area contributed by atoms with Gasteiger partial charge in [-0.2, -0.15) is 0 Å². The van der Waals surface area contributed by atoms with E-state index in [4.69, 9.17) is 5.84 Å². The predicted octanol–water partition coefficient (Wildman–Crippen LogP) is 0.876. The van der Waals surface area contributed by atoms with Crippen molar-refractivity contribution in [2.45, 2.75) is 13.0 Å². The number of nitrogens with zero attached hydrogens (tertiary/aromatic N) is 1. The van der Waals surface area contributed by atoms with E-state index in [1.807, 2.05) is 5.43 Å². The molecule has 1 heterocycles. The molecule has 2 rings (SSSR count). The summed E-state index contributed by atoms with van der Waals surface area (Å²) in [5.41, 5.74) is 3.25. The van der Waals surface area contributed by atoms with Crippen LogP contribution in [0.5, 0.6) is 0 Å². The summed E-state index contributed by atoms with van der Waals surface area (Å²) >= 11 is 1.15. The van der Waals surface area contributed by atoms with Crippen molar-refractivity contribution in [3.63, 3.8) is 0 Å². The van der Waals surface area contributed by atoms with Gasteiger partial charge in [0.1, 0.15) is 0 Å². The van der Waals surface area contributed by atoms with Crippen molar-refractivity contribution in [3.05, 3.63) is 35.4 Å². The maximum Gasteiger partial charge on any atom is 0.288 e. The number of rotatable bonds is 3. The van der Waals surface area contributed by atoms with Crippen molar-refractivity contribution in [2.75, 3.05) is 5.75 Å². The number of thioether (sulfide) groups is 1. The van der Waals surface area contributed by atoms with Crippen molar-refractivity contribution in [2.24, 2.45) is 5.84 Å². The number of nitrogen functional groups attached to an aromatic ring is 1. The highest BCUT2D eigenvalue weighted by atomic mass is 32.2. The molecule has 0 unspecified atom stereocenters. The van der Waals surface area contributed by atoms with Gasteiger partial charge in [0, 0.05) is 17.7 Å². The van der Waals surface area contributed by atoms with E-state index in [9.17, 15) is 14.4 Å². The average molecular weight is 279 g/mol. The molecule has 100 valence electrons. The fourth-order valence-electron chi connectivity index (χ4n) is 1.72. The van der Waals surface area contributed by atoms with Gasteiger partial charge in [0.05, 0.1) is 6.54 Å². The van der Waals surface area contributed by atoms with Crippen molar-refractivity contribution >= 4 is 28.8 Å². The lowest BCUT2D eigenvalue weighted by Crippen LogP contribution is -2.37. The van der Waals surface area contributed by atoms with Gasteiger partial charge in [0.25, 0.3) is 11.1 Å². The SMILES string of the molecule is NNC(=O)c1ccc(CN2C(=O)CCSC2=O)cc1. The summed E-state index contributed by atoms with van der Waals surface area (Å²) < 4.78 is 0. The molecular formula is C12H13N3O3S. The number of benzene rings is 1. The highest BCUT2D eigenvalue weighted by Gasteiger charge is 2.26. The van der Waals surface area contributed by atoms with Crippen LogP contribution >= 0.6 is 11.8 Å². The molecule has 1 saturated heterocycles. The second-order valence-electron chi connectivity index (χ2n) is 4.01. The molecule has 0 saturated carbocycles. The van der Waals surface area contributed by atoms with Crippen LogP contribution in [0.2, 0.25) is 0 Å². The third kappa shape index (κ3) is 3.12. The molecule has 7 heteroatoms. The van der Waals surface area contributed by atoms with Crippen LogP contribution in [0, 0.1) is 0 Å². The largest absolute Gasteiger partial charge is 0.290 e. The second kappa shape index (κ2) is 5.85. The lowest BCUT2D eigenvalue weighted by Gasteiger charge is -2.24. The molecule has 0 aromatic heterocycles. The number of hydrogen-bond acceptors (Lipinski definition) is 5. The number of amides is 3. The summed E-state index contributed by atoms with van der Waals surface area (Å²) in [4.78, 5) is 35.7. The number of nitrogens with one attached hydrogen (secondary N) is 1. The Bertz CT molecular complexity index is 499. The van der Waals surface area contributed by atoms with Crippen LogP contribution in [0.4, 0.5) is 4.79 Å². The first-order valence-electron chi connectivity index (χ1n) is 5.69. The summed E-state index contributed by atoms with van der Waals surface area (Å²) in [7, 11) is 0. The van der Waals surface area contributed by atoms with E-state index in [1.165, 1.54) is 4.90 Å². The summed E-state index contributed by atoms with van der Waals surface area (Å²) in [6.45, 7) is 0.231. The van der Waals surface area contributed by atoms with Crippen molar-refractivity contribution < 1.29 is 14.4 Å². The molecule has 6 nitrogen and oxygen atoms in total. The van der Waals surface area contributed by atoms with E-state index < -0.39 is 0 Å². The standard InChI is InChI=1S/C12H13N3O3S/c13-14-11(17)9-3-1-8(2-4-9)7-15-10(16)5-6-19-12(15)18/h1-4H,5-7,13H2,(H,14,17). The number of hydrazine groups is 1. The number of carbonyl (C=O) groups excluding carboxylic acids is 3. The number of nitrogens with two attached hydrogens (primary N) is 1. The van der Waals surface area contributed by atoms with Gasteiger partial charge in [-0.3, -0.25) is 24.7 Å². The first-order chi connectivity index (χ1) is 9.11. The summed E-state index contributed by atoms with van der Waals surface area (Å²) in [5, 5.41) is -0.222. The second-order valence-corrected chi connectivity index (χ2v) is 5.06. The topological polar surface area (TPSA) is 92.5 Å². The van der Waals surface area contributed by atoms with Crippen LogP contribution in [0.3, 0.4) is 0 Å². The van der Waals surface area contributed by atoms with Gasteiger partial charge in [0.2, 0.25) is 5.91 Å².